The number of aliphatic hydroxyl groups is 4. The van der Waals surface area contributed by atoms with Gasteiger partial charge in [-0.25, -0.2) is 0 Å². The lowest BCUT2D eigenvalue weighted by molar-refractivity contribution is -0.121. The SMILES string of the molecule is CCCCCCCCC(O)[C@@H]1O[C@H]([C@H](O)CNC(C)=O)C(O)C1O. The molecule has 0 aromatic carbocycles. The smallest absolute Gasteiger partial charge is 0.216 e. The normalized spacial score (nSPS) is 29.4. The number of carbonyl (C=O) groups is 1. The maximum absolute atomic E-state index is 10.9. The number of rotatable bonds is 11. The summed E-state index contributed by atoms with van der Waals surface area (Å²) in [6.07, 6.45) is 0.485. The Morgan fingerprint density at radius 3 is 2.12 bits per heavy atom. The van der Waals surface area contributed by atoms with Crippen molar-refractivity contribution in [2.45, 2.75) is 95.4 Å². The van der Waals surface area contributed by atoms with Crippen LogP contribution in [0.15, 0.2) is 0 Å². The molecule has 6 atom stereocenters. The van der Waals surface area contributed by atoms with Gasteiger partial charge in [0.2, 0.25) is 5.91 Å². The first kappa shape index (κ1) is 21.3. The van der Waals surface area contributed by atoms with E-state index in [1.165, 1.54) is 26.2 Å². The maximum atomic E-state index is 10.9. The summed E-state index contributed by atoms with van der Waals surface area (Å²) in [5, 5.41) is 42.7. The van der Waals surface area contributed by atoms with Crippen molar-refractivity contribution in [3.8, 4) is 0 Å². The van der Waals surface area contributed by atoms with Gasteiger partial charge in [0, 0.05) is 13.5 Å². The summed E-state index contributed by atoms with van der Waals surface area (Å²) in [7, 11) is 0. The van der Waals surface area contributed by atoms with Crippen LogP contribution in [0, 0.1) is 0 Å². The Balaban J connectivity index is 2.38. The van der Waals surface area contributed by atoms with Gasteiger partial charge in [0.1, 0.15) is 30.5 Å². The molecule has 142 valence electrons. The molecular weight excluding hydrogens is 314 g/mol. The fourth-order valence-corrected chi connectivity index (χ4v) is 3.03. The second-order valence-corrected chi connectivity index (χ2v) is 6.67. The van der Waals surface area contributed by atoms with Gasteiger partial charge in [-0.3, -0.25) is 4.79 Å². The average Bonchev–Trinajstić information content (AvgIpc) is 2.84. The minimum absolute atomic E-state index is 0.0793. The van der Waals surface area contributed by atoms with Gasteiger partial charge in [-0.15, -0.1) is 0 Å². The summed E-state index contributed by atoms with van der Waals surface area (Å²) in [5.41, 5.74) is 0. The monoisotopic (exact) mass is 347 g/mol. The molecule has 24 heavy (non-hydrogen) atoms. The zero-order chi connectivity index (χ0) is 18.1. The third-order valence-corrected chi connectivity index (χ3v) is 4.51. The van der Waals surface area contributed by atoms with Gasteiger partial charge in [0.15, 0.2) is 0 Å². The standard InChI is InChI=1S/C17H33NO6/c1-3-4-5-6-7-8-9-12(20)16-14(22)15(23)17(24-16)13(21)10-18-11(2)19/h12-17,20-23H,3-10H2,1-2H3,(H,18,19)/t12?,13-,14?,15?,16+,17-/m1/s1. The molecule has 0 aromatic rings. The van der Waals surface area contributed by atoms with E-state index in [1.807, 2.05) is 0 Å². The first-order valence-electron chi connectivity index (χ1n) is 9.00. The summed E-state index contributed by atoms with van der Waals surface area (Å²) in [6, 6.07) is 0. The molecule has 7 heteroatoms. The van der Waals surface area contributed by atoms with Gasteiger partial charge < -0.3 is 30.5 Å². The van der Waals surface area contributed by atoms with E-state index < -0.39 is 36.6 Å². The number of unbranched alkanes of at least 4 members (excludes halogenated alkanes) is 5. The molecule has 0 bridgehead atoms. The molecular formula is C17H33NO6. The number of amides is 1. The van der Waals surface area contributed by atoms with Crippen molar-refractivity contribution in [1.29, 1.82) is 0 Å². The minimum Gasteiger partial charge on any atom is -0.390 e. The molecule has 0 radical (unpaired) electrons. The van der Waals surface area contributed by atoms with E-state index in [1.54, 1.807) is 0 Å². The summed E-state index contributed by atoms with van der Waals surface area (Å²) in [4.78, 5) is 10.9. The molecule has 3 unspecified atom stereocenters. The lowest BCUT2D eigenvalue weighted by Crippen LogP contribution is -2.44. The Labute approximate surface area is 144 Å². The molecule has 7 nitrogen and oxygen atoms in total. The molecule has 1 heterocycles. The Morgan fingerprint density at radius 1 is 1.00 bits per heavy atom. The van der Waals surface area contributed by atoms with Crippen LogP contribution in [-0.2, 0) is 9.53 Å². The summed E-state index contributed by atoms with van der Waals surface area (Å²) < 4.78 is 5.49. The van der Waals surface area contributed by atoms with Crippen LogP contribution in [0.25, 0.3) is 0 Å². The molecule has 1 rings (SSSR count). The van der Waals surface area contributed by atoms with Gasteiger partial charge in [-0.2, -0.15) is 0 Å². The van der Waals surface area contributed by atoms with Gasteiger partial charge in [0.05, 0.1) is 6.10 Å². The second kappa shape index (κ2) is 11.0. The predicted octanol–water partition coefficient (Wildman–Crippen LogP) is 0.0841. The largest absolute Gasteiger partial charge is 0.390 e. The fraction of sp³-hybridized carbons (Fsp3) is 0.941. The first-order valence-corrected chi connectivity index (χ1v) is 9.00. The van der Waals surface area contributed by atoms with E-state index >= 15 is 0 Å². The van der Waals surface area contributed by atoms with Crippen LogP contribution in [-0.4, -0.2) is 69.5 Å². The zero-order valence-corrected chi connectivity index (χ0v) is 14.7. The zero-order valence-electron chi connectivity index (χ0n) is 14.7. The van der Waals surface area contributed by atoms with E-state index in [9.17, 15) is 25.2 Å². The highest BCUT2D eigenvalue weighted by Gasteiger charge is 2.48. The second-order valence-electron chi connectivity index (χ2n) is 6.67. The van der Waals surface area contributed by atoms with Crippen LogP contribution in [0.5, 0.6) is 0 Å². The molecule has 0 saturated carbocycles. The van der Waals surface area contributed by atoms with Crippen molar-refractivity contribution in [3.63, 3.8) is 0 Å². The van der Waals surface area contributed by atoms with Crippen molar-refractivity contribution < 1.29 is 30.0 Å². The minimum atomic E-state index is -1.29. The molecule has 1 aliphatic heterocycles. The first-order chi connectivity index (χ1) is 11.4. The molecule has 5 N–H and O–H groups in total. The number of hydrogen-bond acceptors (Lipinski definition) is 6. The Bertz CT molecular complexity index is 367. The van der Waals surface area contributed by atoms with Crippen LogP contribution in [0.3, 0.4) is 0 Å². The Kier molecular flexibility index (Phi) is 9.76. The van der Waals surface area contributed by atoms with Gasteiger partial charge in [-0.05, 0) is 6.42 Å². The van der Waals surface area contributed by atoms with E-state index in [2.05, 4.69) is 12.2 Å². The van der Waals surface area contributed by atoms with Crippen molar-refractivity contribution in [2.75, 3.05) is 6.54 Å². The summed E-state index contributed by atoms with van der Waals surface area (Å²) >= 11 is 0. The van der Waals surface area contributed by atoms with E-state index in [0.717, 1.165) is 19.3 Å². The van der Waals surface area contributed by atoms with Crippen molar-refractivity contribution in [3.05, 3.63) is 0 Å². The van der Waals surface area contributed by atoms with Crippen LogP contribution in [0.1, 0.15) is 58.8 Å². The summed E-state index contributed by atoms with van der Waals surface area (Å²) in [5.74, 6) is -0.304. The molecule has 1 aliphatic rings. The van der Waals surface area contributed by atoms with Crippen molar-refractivity contribution >= 4 is 5.91 Å². The highest BCUT2D eigenvalue weighted by molar-refractivity contribution is 5.72. The predicted molar refractivity (Wildman–Crippen MR) is 89.4 cm³/mol. The highest BCUT2D eigenvalue weighted by Crippen LogP contribution is 2.27. The topological polar surface area (TPSA) is 119 Å². The van der Waals surface area contributed by atoms with E-state index in [4.69, 9.17) is 4.74 Å². The maximum Gasteiger partial charge on any atom is 0.216 e. The van der Waals surface area contributed by atoms with Gasteiger partial charge >= 0.3 is 0 Å². The lowest BCUT2D eigenvalue weighted by Gasteiger charge is -2.22. The number of carbonyl (C=O) groups excluding carboxylic acids is 1. The number of aliphatic hydroxyl groups excluding tert-OH is 4. The quantitative estimate of drug-likeness (QED) is 0.338. The number of hydrogen-bond donors (Lipinski definition) is 5. The molecule has 0 aromatic heterocycles. The number of ether oxygens (including phenoxy) is 1. The fourth-order valence-electron chi connectivity index (χ4n) is 3.03. The molecule has 1 amide bonds. The third kappa shape index (κ3) is 6.64. The Morgan fingerprint density at radius 2 is 1.54 bits per heavy atom. The van der Waals surface area contributed by atoms with Crippen molar-refractivity contribution in [1.82, 2.24) is 5.32 Å². The highest BCUT2D eigenvalue weighted by atomic mass is 16.6. The van der Waals surface area contributed by atoms with Crippen LogP contribution in [0.2, 0.25) is 0 Å². The van der Waals surface area contributed by atoms with E-state index in [-0.39, 0.29) is 12.5 Å². The molecule has 0 spiro atoms. The van der Waals surface area contributed by atoms with Gasteiger partial charge in [-0.1, -0.05) is 45.4 Å². The van der Waals surface area contributed by atoms with Crippen LogP contribution in [0.4, 0.5) is 0 Å². The van der Waals surface area contributed by atoms with Crippen LogP contribution < -0.4 is 5.32 Å². The summed E-state index contributed by atoms with van der Waals surface area (Å²) in [6.45, 7) is 3.40. The molecule has 0 aliphatic carbocycles. The van der Waals surface area contributed by atoms with E-state index in [0.29, 0.717) is 6.42 Å². The van der Waals surface area contributed by atoms with Crippen LogP contribution >= 0.6 is 0 Å². The lowest BCUT2D eigenvalue weighted by atomic mass is 9.98. The van der Waals surface area contributed by atoms with Crippen molar-refractivity contribution in [2.24, 2.45) is 0 Å². The average molecular weight is 347 g/mol. The third-order valence-electron chi connectivity index (χ3n) is 4.51. The number of nitrogens with one attached hydrogen (secondary N) is 1. The van der Waals surface area contributed by atoms with Gasteiger partial charge in [0.25, 0.3) is 0 Å². The molecule has 1 saturated heterocycles. The Hall–Kier alpha value is -0.730. The molecule has 1 fully saturated rings.